The zero-order chi connectivity index (χ0) is 16.5. The number of aromatic nitrogens is 3. The van der Waals surface area contributed by atoms with Crippen molar-refractivity contribution in [1.29, 1.82) is 0 Å². The number of hydrogen-bond acceptors (Lipinski definition) is 4. The number of hydrogen-bond donors (Lipinski definition) is 2. The molecular weight excluding hydrogens is 306 g/mol. The first kappa shape index (κ1) is 15.4. The first-order valence-corrected chi connectivity index (χ1v) is 8.85. The van der Waals surface area contributed by atoms with Crippen LogP contribution in [0, 0.1) is 0 Å². The lowest BCUT2D eigenvalue weighted by molar-refractivity contribution is 0.0726. The van der Waals surface area contributed by atoms with Gasteiger partial charge in [0.2, 0.25) is 0 Å². The van der Waals surface area contributed by atoms with Gasteiger partial charge in [-0.05, 0) is 45.2 Å². The Morgan fingerprint density at radius 2 is 1.92 bits per heavy atom. The highest BCUT2D eigenvalue weighted by Gasteiger charge is 2.25. The van der Waals surface area contributed by atoms with Gasteiger partial charge in [0, 0.05) is 25.1 Å². The Morgan fingerprint density at radius 1 is 1.17 bits per heavy atom. The fourth-order valence-corrected chi connectivity index (χ4v) is 3.85. The second kappa shape index (κ2) is 6.39. The molecule has 128 valence electrons. The first-order chi connectivity index (χ1) is 11.7. The van der Waals surface area contributed by atoms with Crippen molar-refractivity contribution in [1.82, 2.24) is 24.8 Å². The lowest BCUT2D eigenvalue weighted by atomic mass is 9.94. The normalized spacial score (nSPS) is 19.8. The van der Waals surface area contributed by atoms with E-state index in [-0.39, 0.29) is 11.5 Å². The number of nitrogens with zero attached hydrogens (tertiary/aromatic N) is 3. The second-order valence-electron chi connectivity index (χ2n) is 6.75. The summed E-state index contributed by atoms with van der Waals surface area (Å²) in [7, 11) is 0. The third kappa shape index (κ3) is 2.73. The SMILES string of the molecule is O=C(c1cnn2c(C3CCNCC3)cc(=O)[nH]c12)N1CCCCC1. The monoisotopic (exact) mass is 329 g/mol. The number of aromatic amines is 1. The molecule has 0 spiro atoms. The van der Waals surface area contributed by atoms with Crippen molar-refractivity contribution in [2.75, 3.05) is 26.2 Å². The van der Waals surface area contributed by atoms with E-state index in [9.17, 15) is 9.59 Å². The summed E-state index contributed by atoms with van der Waals surface area (Å²) in [5.41, 5.74) is 1.79. The van der Waals surface area contributed by atoms with E-state index >= 15 is 0 Å². The molecule has 1 amide bonds. The Kier molecular flexibility index (Phi) is 4.10. The van der Waals surface area contributed by atoms with E-state index in [0.29, 0.717) is 17.1 Å². The van der Waals surface area contributed by atoms with Crippen LogP contribution in [0.4, 0.5) is 0 Å². The van der Waals surface area contributed by atoms with Gasteiger partial charge in [-0.2, -0.15) is 5.10 Å². The summed E-state index contributed by atoms with van der Waals surface area (Å²) in [6.45, 7) is 3.46. The number of fused-ring (bicyclic) bond motifs is 1. The predicted molar refractivity (Wildman–Crippen MR) is 90.4 cm³/mol. The summed E-state index contributed by atoms with van der Waals surface area (Å²) < 4.78 is 1.76. The molecule has 7 nitrogen and oxygen atoms in total. The summed E-state index contributed by atoms with van der Waals surface area (Å²) >= 11 is 0. The van der Waals surface area contributed by atoms with Gasteiger partial charge in [-0.15, -0.1) is 0 Å². The number of amides is 1. The molecule has 2 N–H and O–H groups in total. The predicted octanol–water partition coefficient (Wildman–Crippen LogP) is 1.12. The third-order valence-electron chi connectivity index (χ3n) is 5.17. The van der Waals surface area contributed by atoms with E-state index in [1.165, 1.54) is 6.42 Å². The molecule has 0 atom stereocenters. The molecule has 7 heteroatoms. The van der Waals surface area contributed by atoms with Gasteiger partial charge in [0.1, 0.15) is 11.2 Å². The van der Waals surface area contributed by atoms with Gasteiger partial charge in [-0.3, -0.25) is 9.59 Å². The van der Waals surface area contributed by atoms with Crippen molar-refractivity contribution in [3.05, 3.63) is 33.9 Å². The lowest BCUT2D eigenvalue weighted by Crippen LogP contribution is -2.35. The fourth-order valence-electron chi connectivity index (χ4n) is 3.85. The zero-order valence-electron chi connectivity index (χ0n) is 13.8. The molecule has 0 radical (unpaired) electrons. The molecular formula is C17H23N5O2. The minimum absolute atomic E-state index is 0.0252. The van der Waals surface area contributed by atoms with Crippen LogP contribution < -0.4 is 10.9 Å². The van der Waals surface area contributed by atoms with Crippen molar-refractivity contribution in [2.24, 2.45) is 0 Å². The van der Waals surface area contributed by atoms with Crippen LogP contribution >= 0.6 is 0 Å². The van der Waals surface area contributed by atoms with E-state index in [1.807, 2.05) is 4.90 Å². The second-order valence-corrected chi connectivity index (χ2v) is 6.75. The molecule has 4 heterocycles. The standard InChI is InChI=1S/C17H23N5O2/c23-15-10-14(12-4-6-18-7-5-12)22-16(20-15)13(11-19-22)17(24)21-8-2-1-3-9-21/h10-12,18H,1-9H2,(H,20,23). The number of piperidine rings is 2. The van der Waals surface area contributed by atoms with Gasteiger partial charge in [0.25, 0.3) is 11.5 Å². The van der Waals surface area contributed by atoms with Crippen LogP contribution in [0.3, 0.4) is 0 Å². The number of likely N-dealkylation sites (tertiary alicyclic amines) is 1. The number of carbonyl (C=O) groups excluding carboxylic acids is 1. The zero-order valence-corrected chi connectivity index (χ0v) is 13.8. The van der Waals surface area contributed by atoms with Crippen molar-refractivity contribution in [2.45, 2.75) is 38.0 Å². The molecule has 0 unspecified atom stereocenters. The van der Waals surface area contributed by atoms with E-state index < -0.39 is 0 Å². The Bertz CT molecular complexity index is 797. The molecule has 2 aliphatic heterocycles. The number of nitrogens with one attached hydrogen (secondary N) is 2. The number of rotatable bonds is 2. The van der Waals surface area contributed by atoms with Crippen molar-refractivity contribution >= 4 is 11.6 Å². The number of H-pyrrole nitrogens is 1. The van der Waals surface area contributed by atoms with Crippen molar-refractivity contribution in [3.8, 4) is 0 Å². The highest BCUT2D eigenvalue weighted by Crippen LogP contribution is 2.25. The molecule has 2 saturated heterocycles. The molecule has 4 rings (SSSR count). The van der Waals surface area contributed by atoms with Crippen LogP contribution in [-0.2, 0) is 0 Å². The van der Waals surface area contributed by atoms with Crippen molar-refractivity contribution < 1.29 is 4.79 Å². The lowest BCUT2D eigenvalue weighted by Gasteiger charge is -2.26. The highest BCUT2D eigenvalue weighted by atomic mass is 16.2. The van der Waals surface area contributed by atoms with Crippen LogP contribution in [0.5, 0.6) is 0 Å². The van der Waals surface area contributed by atoms with E-state index in [0.717, 1.165) is 57.6 Å². The Balaban J connectivity index is 1.74. The molecule has 2 aromatic heterocycles. The van der Waals surface area contributed by atoms with Crippen LogP contribution in [-0.4, -0.2) is 51.6 Å². The fraction of sp³-hybridized carbons (Fsp3) is 0.588. The summed E-state index contributed by atoms with van der Waals surface area (Å²) in [6.07, 6.45) is 6.83. The van der Waals surface area contributed by atoms with Gasteiger partial charge in [0.05, 0.1) is 11.9 Å². The molecule has 2 aliphatic rings. The molecule has 24 heavy (non-hydrogen) atoms. The molecule has 2 aromatic rings. The van der Waals surface area contributed by atoms with Crippen LogP contribution in [0.2, 0.25) is 0 Å². The van der Waals surface area contributed by atoms with Gasteiger partial charge in [-0.25, -0.2) is 4.52 Å². The van der Waals surface area contributed by atoms with Crippen LogP contribution in [0.15, 0.2) is 17.1 Å². The molecule has 0 bridgehead atoms. The largest absolute Gasteiger partial charge is 0.338 e. The average molecular weight is 329 g/mol. The summed E-state index contributed by atoms with van der Waals surface area (Å²) in [4.78, 5) is 29.7. The number of carbonyl (C=O) groups is 1. The summed E-state index contributed by atoms with van der Waals surface area (Å²) in [5, 5.41) is 7.77. The van der Waals surface area contributed by atoms with Gasteiger partial charge >= 0.3 is 0 Å². The van der Waals surface area contributed by atoms with Crippen LogP contribution in [0.1, 0.15) is 54.1 Å². The quantitative estimate of drug-likeness (QED) is 0.865. The molecule has 2 fully saturated rings. The minimum Gasteiger partial charge on any atom is -0.338 e. The van der Waals surface area contributed by atoms with E-state index in [4.69, 9.17) is 0 Å². The Labute approximate surface area is 140 Å². The maximum Gasteiger partial charge on any atom is 0.259 e. The maximum absolute atomic E-state index is 12.8. The molecule has 0 saturated carbocycles. The maximum atomic E-state index is 12.8. The smallest absolute Gasteiger partial charge is 0.259 e. The topological polar surface area (TPSA) is 82.5 Å². The van der Waals surface area contributed by atoms with E-state index in [1.54, 1.807) is 16.8 Å². The molecule has 0 aliphatic carbocycles. The highest BCUT2D eigenvalue weighted by molar-refractivity contribution is 5.99. The van der Waals surface area contributed by atoms with Crippen molar-refractivity contribution in [3.63, 3.8) is 0 Å². The van der Waals surface area contributed by atoms with Crippen LogP contribution in [0.25, 0.3) is 5.65 Å². The van der Waals surface area contributed by atoms with E-state index in [2.05, 4.69) is 15.4 Å². The Morgan fingerprint density at radius 3 is 2.67 bits per heavy atom. The van der Waals surface area contributed by atoms with Gasteiger partial charge in [0.15, 0.2) is 0 Å². The average Bonchev–Trinajstić information content (AvgIpc) is 3.05. The first-order valence-electron chi connectivity index (χ1n) is 8.85. The third-order valence-corrected chi connectivity index (χ3v) is 5.17. The van der Waals surface area contributed by atoms with Gasteiger partial charge < -0.3 is 15.2 Å². The van der Waals surface area contributed by atoms with Gasteiger partial charge in [-0.1, -0.05) is 0 Å². The Hall–Kier alpha value is -2.15. The summed E-state index contributed by atoms with van der Waals surface area (Å²) in [5.74, 6) is 0.275. The summed E-state index contributed by atoms with van der Waals surface area (Å²) in [6, 6.07) is 1.63. The minimum atomic E-state index is -0.163. The molecule has 0 aromatic carbocycles.